The molecule has 0 heterocycles. The highest BCUT2D eigenvalue weighted by atomic mass is 32.2. The van der Waals surface area contributed by atoms with Crippen LogP contribution in [0.2, 0.25) is 0 Å². The zero-order chi connectivity index (χ0) is 13.5. The highest BCUT2D eigenvalue weighted by molar-refractivity contribution is 8.02. The molecule has 0 atom stereocenters. The molecule has 2 rings (SSSR count). The third-order valence-electron chi connectivity index (χ3n) is 2.63. The summed E-state index contributed by atoms with van der Waals surface area (Å²) in [7, 11) is 1.77. The summed E-state index contributed by atoms with van der Waals surface area (Å²) in [5.74, 6) is -0.0327. The molecule has 0 aliphatic carbocycles. The monoisotopic (exact) mass is 269 g/mol. The Morgan fingerprint density at radius 3 is 2.21 bits per heavy atom. The maximum absolute atomic E-state index is 12.0. The van der Waals surface area contributed by atoms with Crippen molar-refractivity contribution in [2.45, 2.75) is 4.90 Å². The molecule has 0 aromatic heterocycles. The molecular formula is C16H15NOS. The van der Waals surface area contributed by atoms with Gasteiger partial charge in [-0.1, -0.05) is 48.2 Å². The van der Waals surface area contributed by atoms with Crippen molar-refractivity contribution in [1.29, 1.82) is 0 Å². The SMILES string of the molecule is CN(C(=O)/C=C\Sc1ccccc1)c1ccccc1. The first-order valence-electron chi connectivity index (χ1n) is 5.98. The van der Waals surface area contributed by atoms with Crippen LogP contribution in [0, 0.1) is 0 Å². The van der Waals surface area contributed by atoms with Gasteiger partial charge < -0.3 is 4.90 Å². The summed E-state index contributed by atoms with van der Waals surface area (Å²) < 4.78 is 0. The summed E-state index contributed by atoms with van der Waals surface area (Å²) in [6.07, 6.45) is 1.59. The smallest absolute Gasteiger partial charge is 0.251 e. The number of likely N-dealkylation sites (N-methyl/N-ethyl adjacent to an activating group) is 1. The summed E-state index contributed by atoms with van der Waals surface area (Å²) in [5.41, 5.74) is 0.891. The summed E-state index contributed by atoms with van der Waals surface area (Å²) in [4.78, 5) is 14.7. The molecule has 19 heavy (non-hydrogen) atoms. The molecule has 0 fully saturated rings. The quantitative estimate of drug-likeness (QED) is 0.618. The molecule has 0 aliphatic heterocycles. The van der Waals surface area contributed by atoms with E-state index in [4.69, 9.17) is 0 Å². The van der Waals surface area contributed by atoms with Crippen molar-refractivity contribution < 1.29 is 4.79 Å². The minimum Gasteiger partial charge on any atom is -0.312 e. The van der Waals surface area contributed by atoms with Gasteiger partial charge in [-0.15, -0.1) is 0 Å². The number of carbonyl (C=O) groups excluding carboxylic acids is 1. The van der Waals surface area contributed by atoms with E-state index in [9.17, 15) is 4.79 Å². The van der Waals surface area contributed by atoms with Gasteiger partial charge in [-0.3, -0.25) is 4.79 Å². The van der Waals surface area contributed by atoms with E-state index in [-0.39, 0.29) is 5.91 Å². The van der Waals surface area contributed by atoms with Crippen molar-refractivity contribution in [1.82, 2.24) is 0 Å². The van der Waals surface area contributed by atoms with Crippen LogP contribution in [0.5, 0.6) is 0 Å². The van der Waals surface area contributed by atoms with Crippen molar-refractivity contribution in [2.24, 2.45) is 0 Å². The van der Waals surface area contributed by atoms with Gasteiger partial charge in [0.2, 0.25) is 0 Å². The molecule has 96 valence electrons. The predicted molar refractivity (Wildman–Crippen MR) is 81.3 cm³/mol. The van der Waals surface area contributed by atoms with Gasteiger partial charge >= 0.3 is 0 Å². The maximum Gasteiger partial charge on any atom is 0.251 e. The fourth-order valence-corrected chi connectivity index (χ4v) is 2.22. The fraction of sp³-hybridized carbons (Fsp3) is 0.0625. The van der Waals surface area contributed by atoms with E-state index in [0.29, 0.717) is 0 Å². The van der Waals surface area contributed by atoms with E-state index in [2.05, 4.69) is 0 Å². The average Bonchev–Trinajstić information content (AvgIpc) is 2.48. The predicted octanol–water partition coefficient (Wildman–Crippen LogP) is 3.96. The van der Waals surface area contributed by atoms with Crippen LogP contribution in [0.4, 0.5) is 5.69 Å². The van der Waals surface area contributed by atoms with Gasteiger partial charge in [0.1, 0.15) is 0 Å². The topological polar surface area (TPSA) is 20.3 Å². The molecule has 2 aromatic rings. The Labute approximate surface area is 117 Å². The first-order chi connectivity index (χ1) is 9.27. The zero-order valence-corrected chi connectivity index (χ0v) is 11.5. The average molecular weight is 269 g/mol. The van der Waals surface area contributed by atoms with Gasteiger partial charge in [0.15, 0.2) is 0 Å². The summed E-state index contributed by atoms with van der Waals surface area (Å²) in [6.45, 7) is 0. The lowest BCUT2D eigenvalue weighted by atomic mass is 10.3. The Bertz CT molecular complexity index is 551. The normalized spacial score (nSPS) is 10.6. The third-order valence-corrected chi connectivity index (χ3v) is 3.45. The van der Waals surface area contributed by atoms with Crippen molar-refractivity contribution in [3.05, 3.63) is 72.1 Å². The van der Waals surface area contributed by atoms with Gasteiger partial charge in [-0.05, 0) is 29.7 Å². The fourth-order valence-electron chi connectivity index (χ4n) is 1.56. The molecule has 0 bridgehead atoms. The van der Waals surface area contributed by atoms with E-state index < -0.39 is 0 Å². The lowest BCUT2D eigenvalue weighted by Gasteiger charge is -2.14. The molecule has 0 N–H and O–H groups in total. The van der Waals surface area contributed by atoms with Gasteiger partial charge in [0.25, 0.3) is 5.91 Å². The molecule has 0 aliphatic rings. The molecule has 0 saturated heterocycles. The molecule has 0 spiro atoms. The van der Waals surface area contributed by atoms with Crippen LogP contribution in [0.25, 0.3) is 0 Å². The van der Waals surface area contributed by atoms with Gasteiger partial charge in [0.05, 0.1) is 0 Å². The van der Waals surface area contributed by atoms with Gasteiger partial charge in [0, 0.05) is 23.7 Å². The Hall–Kier alpha value is -2.00. The summed E-state index contributed by atoms with van der Waals surface area (Å²) in [6, 6.07) is 19.6. The van der Waals surface area contributed by atoms with Crippen LogP contribution in [0.1, 0.15) is 0 Å². The van der Waals surface area contributed by atoms with Gasteiger partial charge in [-0.2, -0.15) is 0 Å². The number of para-hydroxylation sites is 1. The van der Waals surface area contributed by atoms with Crippen LogP contribution in [0.3, 0.4) is 0 Å². The minimum atomic E-state index is -0.0327. The number of rotatable bonds is 4. The van der Waals surface area contributed by atoms with E-state index in [0.717, 1.165) is 10.6 Å². The van der Waals surface area contributed by atoms with Crippen LogP contribution in [0.15, 0.2) is 77.0 Å². The molecule has 0 radical (unpaired) electrons. The van der Waals surface area contributed by atoms with Crippen molar-refractivity contribution >= 4 is 23.4 Å². The Balaban J connectivity index is 1.94. The van der Waals surface area contributed by atoms with Crippen molar-refractivity contribution in [3.63, 3.8) is 0 Å². The second-order valence-corrected chi connectivity index (χ2v) is 4.95. The minimum absolute atomic E-state index is 0.0327. The number of nitrogens with zero attached hydrogens (tertiary/aromatic N) is 1. The number of hydrogen-bond donors (Lipinski definition) is 0. The first kappa shape index (κ1) is 13.4. The molecule has 1 amide bonds. The van der Waals surface area contributed by atoms with E-state index in [1.807, 2.05) is 66.1 Å². The Kier molecular flexibility index (Phi) is 4.81. The largest absolute Gasteiger partial charge is 0.312 e. The lowest BCUT2D eigenvalue weighted by Crippen LogP contribution is -2.23. The number of thioether (sulfide) groups is 1. The lowest BCUT2D eigenvalue weighted by molar-refractivity contribution is -0.113. The molecule has 2 aromatic carbocycles. The second-order valence-electron chi connectivity index (χ2n) is 3.97. The zero-order valence-electron chi connectivity index (χ0n) is 10.7. The highest BCUT2D eigenvalue weighted by Gasteiger charge is 2.06. The molecule has 3 heteroatoms. The Morgan fingerprint density at radius 2 is 1.58 bits per heavy atom. The second kappa shape index (κ2) is 6.81. The standard InChI is InChI=1S/C16H15NOS/c1-17(14-8-4-2-5-9-14)16(18)12-13-19-15-10-6-3-7-11-15/h2-13H,1H3/b13-12-. The number of anilines is 1. The van der Waals surface area contributed by atoms with E-state index in [1.54, 1.807) is 18.0 Å². The van der Waals surface area contributed by atoms with Crippen LogP contribution in [-0.4, -0.2) is 13.0 Å². The van der Waals surface area contributed by atoms with Crippen molar-refractivity contribution in [2.75, 3.05) is 11.9 Å². The Morgan fingerprint density at radius 1 is 1.00 bits per heavy atom. The molecular weight excluding hydrogens is 254 g/mol. The number of amides is 1. The van der Waals surface area contributed by atoms with Crippen molar-refractivity contribution in [3.8, 4) is 0 Å². The van der Waals surface area contributed by atoms with Gasteiger partial charge in [-0.25, -0.2) is 0 Å². The van der Waals surface area contributed by atoms with Crippen LogP contribution < -0.4 is 4.90 Å². The molecule has 0 unspecified atom stereocenters. The third kappa shape index (κ3) is 4.00. The maximum atomic E-state index is 12.0. The first-order valence-corrected chi connectivity index (χ1v) is 6.86. The van der Waals surface area contributed by atoms with E-state index >= 15 is 0 Å². The summed E-state index contributed by atoms with van der Waals surface area (Å²) >= 11 is 1.53. The van der Waals surface area contributed by atoms with Crippen LogP contribution >= 0.6 is 11.8 Å². The number of carbonyl (C=O) groups is 1. The summed E-state index contributed by atoms with van der Waals surface area (Å²) in [5, 5.41) is 1.82. The highest BCUT2D eigenvalue weighted by Crippen LogP contribution is 2.18. The molecule has 0 saturated carbocycles. The van der Waals surface area contributed by atoms with Crippen LogP contribution in [-0.2, 0) is 4.79 Å². The number of benzene rings is 2. The molecule has 2 nitrogen and oxygen atoms in total. The van der Waals surface area contributed by atoms with E-state index in [1.165, 1.54) is 11.8 Å². The number of hydrogen-bond acceptors (Lipinski definition) is 2.